The van der Waals surface area contributed by atoms with E-state index in [1.54, 1.807) is 0 Å². The highest BCUT2D eigenvalue weighted by Gasteiger charge is 2.15. The van der Waals surface area contributed by atoms with Crippen LogP contribution in [0.3, 0.4) is 0 Å². The molecule has 1 aromatic heterocycles. The maximum absolute atomic E-state index is 11.9. The van der Waals surface area contributed by atoms with Gasteiger partial charge in [0, 0.05) is 19.3 Å². The second-order valence-electron chi connectivity index (χ2n) is 4.34. The Labute approximate surface area is 116 Å². The van der Waals surface area contributed by atoms with E-state index in [1.807, 2.05) is 6.92 Å². The third kappa shape index (κ3) is 4.94. The Morgan fingerprint density at radius 1 is 1.53 bits per heavy atom. The van der Waals surface area contributed by atoms with Gasteiger partial charge < -0.3 is 10.1 Å². The van der Waals surface area contributed by atoms with Gasteiger partial charge in [-0.15, -0.1) is 0 Å². The maximum atomic E-state index is 11.9. The van der Waals surface area contributed by atoms with Gasteiger partial charge in [-0.3, -0.25) is 4.79 Å². The molecule has 0 fully saturated rings. The van der Waals surface area contributed by atoms with Crippen molar-refractivity contribution in [2.75, 3.05) is 13.2 Å². The summed E-state index contributed by atoms with van der Waals surface area (Å²) >= 11 is 5.58. The molecule has 0 amide bonds. The van der Waals surface area contributed by atoms with E-state index in [9.17, 15) is 13.2 Å². The second-order valence-corrected chi connectivity index (χ2v) is 6.51. The first-order valence-electron chi connectivity index (χ1n) is 5.85. The van der Waals surface area contributed by atoms with Gasteiger partial charge in [-0.2, -0.15) is 0 Å². The van der Waals surface area contributed by atoms with Crippen molar-refractivity contribution in [2.45, 2.75) is 24.7 Å². The molecular formula is C11H17ClN2O4S. The lowest BCUT2D eigenvalue weighted by atomic mass is 10.1. The summed E-state index contributed by atoms with van der Waals surface area (Å²) in [4.78, 5) is 13.2. The highest BCUT2D eigenvalue weighted by atomic mass is 35.5. The molecule has 0 radical (unpaired) electrons. The van der Waals surface area contributed by atoms with Crippen molar-refractivity contribution in [1.29, 1.82) is 0 Å². The normalized spacial score (nSPS) is 13.4. The van der Waals surface area contributed by atoms with E-state index >= 15 is 0 Å². The van der Waals surface area contributed by atoms with Crippen molar-refractivity contribution in [1.82, 2.24) is 9.71 Å². The molecule has 0 spiro atoms. The number of hydrogen-bond donors (Lipinski definition) is 3. The Morgan fingerprint density at radius 2 is 2.21 bits per heavy atom. The van der Waals surface area contributed by atoms with Crippen LogP contribution in [0.5, 0.6) is 0 Å². The zero-order valence-corrected chi connectivity index (χ0v) is 12.1. The number of H-pyrrole nitrogens is 1. The summed E-state index contributed by atoms with van der Waals surface area (Å²) in [7, 11) is -3.67. The Kier molecular flexibility index (Phi) is 5.99. The molecule has 1 rings (SSSR count). The second kappa shape index (κ2) is 7.04. The van der Waals surface area contributed by atoms with E-state index in [0.717, 1.165) is 18.7 Å². The molecule has 0 saturated heterocycles. The standard InChI is InChI=1S/C11H17ClN2O4S/c1-8(7-15)3-2-4-14-19(17,18)9-5-10(12)11(16)13-6-9/h5-6,8,14-15H,2-4,7H2,1H3,(H,13,16). The number of sulfonamides is 1. The SMILES string of the molecule is CC(CO)CCCNS(=O)(=O)c1c[nH]c(=O)c(Cl)c1. The number of hydrogen-bond acceptors (Lipinski definition) is 4. The third-order valence-corrected chi connectivity index (χ3v) is 4.34. The van der Waals surface area contributed by atoms with Crippen molar-refractivity contribution in [2.24, 2.45) is 5.92 Å². The monoisotopic (exact) mass is 308 g/mol. The molecule has 6 nitrogen and oxygen atoms in total. The summed E-state index contributed by atoms with van der Waals surface area (Å²) in [6.07, 6.45) is 2.45. The van der Waals surface area contributed by atoms with Crippen LogP contribution < -0.4 is 10.3 Å². The molecule has 0 aromatic carbocycles. The number of aromatic amines is 1. The molecular weight excluding hydrogens is 292 g/mol. The predicted octanol–water partition coefficient (Wildman–Crippen LogP) is 0.715. The number of rotatable bonds is 7. The van der Waals surface area contributed by atoms with Crippen molar-refractivity contribution < 1.29 is 13.5 Å². The molecule has 0 aliphatic heterocycles. The first-order valence-corrected chi connectivity index (χ1v) is 7.71. The Balaban J connectivity index is 2.61. The van der Waals surface area contributed by atoms with Gasteiger partial charge >= 0.3 is 0 Å². The molecule has 3 N–H and O–H groups in total. The lowest BCUT2D eigenvalue weighted by Gasteiger charge is -2.09. The van der Waals surface area contributed by atoms with E-state index in [2.05, 4.69) is 9.71 Å². The number of pyridine rings is 1. The number of nitrogens with one attached hydrogen (secondary N) is 2. The van der Waals surface area contributed by atoms with Crippen LogP contribution in [0.2, 0.25) is 5.02 Å². The van der Waals surface area contributed by atoms with Crippen LogP contribution in [0.4, 0.5) is 0 Å². The minimum atomic E-state index is -3.67. The molecule has 108 valence electrons. The van der Waals surface area contributed by atoms with Crippen molar-refractivity contribution in [3.63, 3.8) is 0 Å². The van der Waals surface area contributed by atoms with Crippen LogP contribution >= 0.6 is 11.6 Å². The topological polar surface area (TPSA) is 99.3 Å². The highest BCUT2D eigenvalue weighted by Crippen LogP contribution is 2.10. The van der Waals surface area contributed by atoms with Gasteiger partial charge in [0.2, 0.25) is 10.0 Å². The van der Waals surface area contributed by atoms with Crippen LogP contribution in [0.15, 0.2) is 22.0 Å². The first-order chi connectivity index (χ1) is 8.86. The Bertz CT molecular complexity index is 570. The van der Waals surface area contributed by atoms with Gasteiger partial charge in [0.25, 0.3) is 5.56 Å². The largest absolute Gasteiger partial charge is 0.396 e. The smallest absolute Gasteiger partial charge is 0.266 e. The maximum Gasteiger partial charge on any atom is 0.266 e. The fourth-order valence-electron chi connectivity index (χ4n) is 1.42. The molecule has 1 atom stereocenters. The Hall–Kier alpha value is -0.890. The molecule has 0 aliphatic rings. The summed E-state index contributed by atoms with van der Waals surface area (Å²) in [5.74, 6) is 0.145. The van der Waals surface area contributed by atoms with Crippen molar-refractivity contribution >= 4 is 21.6 Å². The minimum Gasteiger partial charge on any atom is -0.396 e. The zero-order valence-electron chi connectivity index (χ0n) is 10.5. The minimum absolute atomic E-state index is 0.0766. The summed E-state index contributed by atoms with van der Waals surface area (Å²) in [6, 6.07) is 1.11. The number of halogens is 1. The number of aliphatic hydroxyl groups is 1. The fraction of sp³-hybridized carbons (Fsp3) is 0.545. The molecule has 0 aliphatic carbocycles. The van der Waals surface area contributed by atoms with Gasteiger partial charge in [-0.25, -0.2) is 13.1 Å². The molecule has 8 heteroatoms. The number of aliphatic hydroxyl groups excluding tert-OH is 1. The molecule has 0 saturated carbocycles. The van der Waals surface area contributed by atoms with Crippen LogP contribution in [0.1, 0.15) is 19.8 Å². The van der Waals surface area contributed by atoms with Crippen molar-refractivity contribution in [3.8, 4) is 0 Å². The Morgan fingerprint density at radius 3 is 2.79 bits per heavy atom. The van der Waals surface area contributed by atoms with Crippen LogP contribution in [-0.4, -0.2) is 31.7 Å². The van der Waals surface area contributed by atoms with Crippen LogP contribution in [0.25, 0.3) is 0 Å². The van der Waals surface area contributed by atoms with Gasteiger partial charge in [-0.05, 0) is 24.8 Å². The van der Waals surface area contributed by atoms with Gasteiger partial charge in [0.05, 0.1) is 4.90 Å². The molecule has 0 bridgehead atoms. The van der Waals surface area contributed by atoms with E-state index in [4.69, 9.17) is 16.7 Å². The number of aromatic nitrogens is 1. The lowest BCUT2D eigenvalue weighted by molar-refractivity contribution is 0.228. The van der Waals surface area contributed by atoms with Gasteiger partial charge in [0.15, 0.2) is 0 Å². The van der Waals surface area contributed by atoms with E-state index in [-0.39, 0.29) is 29.0 Å². The molecule has 1 aromatic rings. The average molecular weight is 309 g/mol. The fourth-order valence-corrected chi connectivity index (χ4v) is 2.73. The van der Waals surface area contributed by atoms with E-state index < -0.39 is 15.6 Å². The third-order valence-electron chi connectivity index (χ3n) is 2.62. The molecule has 19 heavy (non-hydrogen) atoms. The average Bonchev–Trinajstić information content (AvgIpc) is 2.37. The quantitative estimate of drug-likeness (QED) is 0.646. The predicted molar refractivity (Wildman–Crippen MR) is 72.7 cm³/mol. The van der Waals surface area contributed by atoms with E-state index in [1.165, 1.54) is 0 Å². The van der Waals surface area contributed by atoms with Crippen LogP contribution in [-0.2, 0) is 10.0 Å². The van der Waals surface area contributed by atoms with Gasteiger partial charge in [0.1, 0.15) is 5.02 Å². The highest BCUT2D eigenvalue weighted by molar-refractivity contribution is 7.89. The van der Waals surface area contributed by atoms with Crippen molar-refractivity contribution in [3.05, 3.63) is 27.6 Å². The molecule has 1 unspecified atom stereocenters. The van der Waals surface area contributed by atoms with Gasteiger partial charge in [-0.1, -0.05) is 18.5 Å². The van der Waals surface area contributed by atoms with Crippen LogP contribution in [0, 0.1) is 5.92 Å². The lowest BCUT2D eigenvalue weighted by Crippen LogP contribution is -2.26. The zero-order chi connectivity index (χ0) is 14.5. The summed E-state index contributed by atoms with van der Waals surface area (Å²) in [5.41, 5.74) is -0.530. The summed E-state index contributed by atoms with van der Waals surface area (Å²) in [5, 5.41) is 8.67. The molecule has 1 heterocycles. The first kappa shape index (κ1) is 16.2. The summed E-state index contributed by atoms with van der Waals surface area (Å²) < 4.78 is 26.1. The summed E-state index contributed by atoms with van der Waals surface area (Å²) in [6.45, 7) is 2.24. The van der Waals surface area contributed by atoms with E-state index in [0.29, 0.717) is 6.42 Å².